The van der Waals surface area contributed by atoms with Crippen molar-refractivity contribution < 1.29 is 0 Å². The van der Waals surface area contributed by atoms with E-state index in [0.717, 1.165) is 29.7 Å². The fourth-order valence-electron chi connectivity index (χ4n) is 1.35. The van der Waals surface area contributed by atoms with Crippen LogP contribution in [0.15, 0.2) is 22.7 Å². The SMILES string of the molecule is Cc1ccc(NCCC(C)(C)CN)cc1Br. The highest BCUT2D eigenvalue weighted by Gasteiger charge is 2.14. The fraction of sp³-hybridized carbons (Fsp3) is 0.538. The largest absolute Gasteiger partial charge is 0.385 e. The molecular formula is C13H21BrN2. The van der Waals surface area contributed by atoms with Crippen LogP contribution < -0.4 is 11.1 Å². The molecule has 0 aliphatic rings. The molecule has 0 saturated heterocycles. The first-order valence-electron chi connectivity index (χ1n) is 5.65. The first kappa shape index (κ1) is 13.5. The van der Waals surface area contributed by atoms with Gasteiger partial charge in [0.15, 0.2) is 0 Å². The number of aryl methyl sites for hydroxylation is 1. The van der Waals surface area contributed by atoms with Crippen molar-refractivity contribution in [1.29, 1.82) is 0 Å². The van der Waals surface area contributed by atoms with Crippen LogP contribution in [-0.2, 0) is 0 Å². The van der Waals surface area contributed by atoms with E-state index in [1.807, 2.05) is 0 Å². The summed E-state index contributed by atoms with van der Waals surface area (Å²) < 4.78 is 1.15. The molecule has 0 amide bonds. The third-order valence-electron chi connectivity index (χ3n) is 2.86. The van der Waals surface area contributed by atoms with E-state index in [9.17, 15) is 0 Å². The Morgan fingerprint density at radius 1 is 1.38 bits per heavy atom. The maximum Gasteiger partial charge on any atom is 0.0351 e. The molecule has 0 heterocycles. The first-order chi connectivity index (χ1) is 7.44. The highest BCUT2D eigenvalue weighted by atomic mass is 79.9. The predicted molar refractivity (Wildman–Crippen MR) is 74.8 cm³/mol. The molecule has 0 radical (unpaired) electrons. The van der Waals surface area contributed by atoms with Crippen LogP contribution in [0.25, 0.3) is 0 Å². The van der Waals surface area contributed by atoms with Gasteiger partial charge in [-0.25, -0.2) is 0 Å². The molecule has 0 aromatic heterocycles. The molecule has 0 aliphatic carbocycles. The summed E-state index contributed by atoms with van der Waals surface area (Å²) >= 11 is 3.53. The number of hydrogen-bond acceptors (Lipinski definition) is 2. The van der Waals surface area contributed by atoms with Gasteiger partial charge in [0.05, 0.1) is 0 Å². The Morgan fingerprint density at radius 2 is 2.06 bits per heavy atom. The van der Waals surface area contributed by atoms with E-state index < -0.39 is 0 Å². The maximum atomic E-state index is 5.69. The smallest absolute Gasteiger partial charge is 0.0351 e. The van der Waals surface area contributed by atoms with Gasteiger partial charge in [0.1, 0.15) is 0 Å². The van der Waals surface area contributed by atoms with Crippen LogP contribution in [0, 0.1) is 12.3 Å². The van der Waals surface area contributed by atoms with Crippen molar-refractivity contribution in [2.45, 2.75) is 27.2 Å². The minimum atomic E-state index is 0.217. The van der Waals surface area contributed by atoms with E-state index in [1.54, 1.807) is 0 Å². The van der Waals surface area contributed by atoms with Gasteiger partial charge in [-0.3, -0.25) is 0 Å². The first-order valence-corrected chi connectivity index (χ1v) is 6.44. The standard InChI is InChI=1S/C13H21BrN2/c1-10-4-5-11(8-12(10)14)16-7-6-13(2,3)9-15/h4-5,8,16H,6-7,9,15H2,1-3H3. The summed E-state index contributed by atoms with van der Waals surface area (Å²) in [7, 11) is 0. The third-order valence-corrected chi connectivity index (χ3v) is 3.71. The highest BCUT2D eigenvalue weighted by molar-refractivity contribution is 9.10. The summed E-state index contributed by atoms with van der Waals surface area (Å²) in [5.74, 6) is 0. The molecule has 0 saturated carbocycles. The molecule has 1 aromatic rings. The Labute approximate surface area is 107 Å². The molecular weight excluding hydrogens is 264 g/mol. The molecule has 0 atom stereocenters. The van der Waals surface area contributed by atoms with E-state index in [4.69, 9.17) is 5.73 Å². The Hall–Kier alpha value is -0.540. The average Bonchev–Trinajstić information content (AvgIpc) is 2.23. The zero-order chi connectivity index (χ0) is 12.2. The van der Waals surface area contributed by atoms with Gasteiger partial charge in [0.25, 0.3) is 0 Å². The van der Waals surface area contributed by atoms with Crippen molar-refractivity contribution in [1.82, 2.24) is 0 Å². The van der Waals surface area contributed by atoms with Crippen molar-refractivity contribution in [3.05, 3.63) is 28.2 Å². The second-order valence-corrected chi connectivity index (χ2v) is 5.86. The second kappa shape index (κ2) is 5.69. The summed E-state index contributed by atoms with van der Waals surface area (Å²) in [5.41, 5.74) is 8.33. The lowest BCUT2D eigenvalue weighted by Gasteiger charge is -2.22. The number of benzene rings is 1. The summed E-state index contributed by atoms with van der Waals surface area (Å²) in [6.45, 7) is 8.16. The Morgan fingerprint density at radius 3 is 2.62 bits per heavy atom. The van der Waals surface area contributed by atoms with Crippen LogP contribution in [0.2, 0.25) is 0 Å². The highest BCUT2D eigenvalue weighted by Crippen LogP contribution is 2.22. The molecule has 0 unspecified atom stereocenters. The molecule has 90 valence electrons. The van der Waals surface area contributed by atoms with Crippen molar-refractivity contribution in [2.75, 3.05) is 18.4 Å². The second-order valence-electron chi connectivity index (χ2n) is 5.01. The molecule has 1 aromatic carbocycles. The van der Waals surface area contributed by atoms with Gasteiger partial charge in [-0.05, 0) is 43.0 Å². The van der Waals surface area contributed by atoms with Crippen LogP contribution in [0.5, 0.6) is 0 Å². The van der Waals surface area contributed by atoms with Crippen molar-refractivity contribution in [3.8, 4) is 0 Å². The van der Waals surface area contributed by atoms with Crippen molar-refractivity contribution in [3.63, 3.8) is 0 Å². The van der Waals surface area contributed by atoms with Gasteiger partial charge in [-0.2, -0.15) is 0 Å². The van der Waals surface area contributed by atoms with E-state index in [2.05, 4.69) is 60.2 Å². The molecule has 0 fully saturated rings. The molecule has 0 bridgehead atoms. The summed E-state index contributed by atoms with van der Waals surface area (Å²) in [6.07, 6.45) is 1.08. The third kappa shape index (κ3) is 4.14. The van der Waals surface area contributed by atoms with Gasteiger partial charge in [-0.15, -0.1) is 0 Å². The quantitative estimate of drug-likeness (QED) is 0.868. The average molecular weight is 285 g/mol. The van der Waals surface area contributed by atoms with E-state index >= 15 is 0 Å². The number of nitrogens with one attached hydrogen (secondary N) is 1. The van der Waals surface area contributed by atoms with Gasteiger partial charge in [0, 0.05) is 16.7 Å². The minimum Gasteiger partial charge on any atom is -0.385 e. The van der Waals surface area contributed by atoms with Crippen LogP contribution in [0.1, 0.15) is 25.8 Å². The summed E-state index contributed by atoms with van der Waals surface area (Å²) in [5, 5.41) is 3.42. The number of hydrogen-bond donors (Lipinski definition) is 2. The van der Waals surface area contributed by atoms with Gasteiger partial charge < -0.3 is 11.1 Å². The summed E-state index contributed by atoms with van der Waals surface area (Å²) in [4.78, 5) is 0. The zero-order valence-electron chi connectivity index (χ0n) is 10.3. The number of nitrogens with two attached hydrogens (primary N) is 1. The maximum absolute atomic E-state index is 5.69. The van der Waals surface area contributed by atoms with Crippen LogP contribution in [-0.4, -0.2) is 13.1 Å². The number of halogens is 1. The topological polar surface area (TPSA) is 38.0 Å². The van der Waals surface area contributed by atoms with Crippen molar-refractivity contribution >= 4 is 21.6 Å². The Bertz CT molecular complexity index is 348. The van der Waals surface area contributed by atoms with E-state index in [-0.39, 0.29) is 5.41 Å². The Kier molecular flexibility index (Phi) is 4.81. The van der Waals surface area contributed by atoms with E-state index in [1.165, 1.54) is 5.56 Å². The van der Waals surface area contributed by atoms with Crippen LogP contribution in [0.3, 0.4) is 0 Å². The van der Waals surface area contributed by atoms with Crippen LogP contribution >= 0.6 is 15.9 Å². The predicted octanol–water partition coefficient (Wildman–Crippen LogP) is 3.54. The molecule has 16 heavy (non-hydrogen) atoms. The lowest BCUT2D eigenvalue weighted by Crippen LogP contribution is -2.26. The van der Waals surface area contributed by atoms with Gasteiger partial charge in [0.2, 0.25) is 0 Å². The number of rotatable bonds is 5. The van der Waals surface area contributed by atoms with Crippen molar-refractivity contribution in [2.24, 2.45) is 11.1 Å². The molecule has 3 heteroatoms. The van der Waals surface area contributed by atoms with Crippen LogP contribution in [0.4, 0.5) is 5.69 Å². The lowest BCUT2D eigenvalue weighted by molar-refractivity contribution is 0.358. The molecule has 3 N–H and O–H groups in total. The number of anilines is 1. The monoisotopic (exact) mass is 284 g/mol. The van der Waals surface area contributed by atoms with Gasteiger partial charge in [-0.1, -0.05) is 35.8 Å². The van der Waals surface area contributed by atoms with Gasteiger partial charge >= 0.3 is 0 Å². The molecule has 0 spiro atoms. The summed E-state index contributed by atoms with van der Waals surface area (Å²) in [6, 6.07) is 6.33. The Balaban J connectivity index is 2.46. The zero-order valence-corrected chi connectivity index (χ0v) is 11.9. The molecule has 2 nitrogen and oxygen atoms in total. The lowest BCUT2D eigenvalue weighted by atomic mass is 9.90. The molecule has 1 rings (SSSR count). The van der Waals surface area contributed by atoms with E-state index in [0.29, 0.717) is 0 Å². The fourth-order valence-corrected chi connectivity index (χ4v) is 1.73. The minimum absolute atomic E-state index is 0.217. The molecule has 0 aliphatic heterocycles. The normalized spacial score (nSPS) is 11.6.